The molecule has 0 radical (unpaired) electrons. The van der Waals surface area contributed by atoms with Gasteiger partial charge in [-0.15, -0.1) is 0 Å². The molecule has 7 heteroatoms. The van der Waals surface area contributed by atoms with Gasteiger partial charge in [-0.05, 0) is 18.2 Å². The lowest BCUT2D eigenvalue weighted by Crippen LogP contribution is -2.12. The number of ether oxygens (including phenoxy) is 2. The lowest BCUT2D eigenvalue weighted by Gasteiger charge is -2.06. The van der Waals surface area contributed by atoms with Gasteiger partial charge in [0.2, 0.25) is 0 Å². The maximum atomic E-state index is 12.4. The summed E-state index contributed by atoms with van der Waals surface area (Å²) in [6.07, 6.45) is 1.54. The molecule has 0 saturated carbocycles. The number of carbonyl (C=O) groups is 1. The van der Waals surface area contributed by atoms with Crippen LogP contribution in [0.1, 0.15) is 10.4 Å². The third-order valence-corrected chi connectivity index (χ3v) is 5.58. The molecule has 3 aromatic rings. The molecule has 126 valence electrons. The minimum absolute atomic E-state index is 0.0991. The molecule has 0 bridgehead atoms. The Balaban J connectivity index is 2.28. The van der Waals surface area contributed by atoms with Crippen molar-refractivity contribution in [1.82, 2.24) is 4.40 Å². The van der Waals surface area contributed by atoms with Crippen LogP contribution in [-0.2, 0) is 19.3 Å². The number of hydrogen-bond donors (Lipinski definition) is 0. The third kappa shape index (κ3) is 2.65. The highest BCUT2D eigenvalue weighted by molar-refractivity contribution is 7.91. The van der Waals surface area contributed by atoms with Crippen molar-refractivity contribution in [2.24, 2.45) is 0 Å². The fourth-order valence-electron chi connectivity index (χ4n) is 2.73. The highest BCUT2D eigenvalue weighted by Crippen LogP contribution is 2.28. The summed E-state index contributed by atoms with van der Waals surface area (Å²) in [5, 5.41) is 0.718. The Hall–Kier alpha value is -2.38. The van der Waals surface area contributed by atoms with E-state index in [9.17, 15) is 13.2 Å². The number of hydrogen-bond acceptors (Lipinski definition) is 5. The van der Waals surface area contributed by atoms with Gasteiger partial charge in [0.15, 0.2) is 9.84 Å². The van der Waals surface area contributed by atoms with Crippen molar-refractivity contribution in [3.8, 4) is 0 Å². The van der Waals surface area contributed by atoms with E-state index < -0.39 is 15.8 Å². The van der Waals surface area contributed by atoms with Gasteiger partial charge in [-0.1, -0.05) is 18.2 Å². The normalized spacial score (nSPS) is 11.9. The summed E-state index contributed by atoms with van der Waals surface area (Å²) < 4.78 is 36.2. The number of methoxy groups -OCH3 is 2. The van der Waals surface area contributed by atoms with Crippen molar-refractivity contribution in [2.75, 3.05) is 26.6 Å². The molecule has 2 aromatic heterocycles. The van der Waals surface area contributed by atoms with Crippen LogP contribution in [0.4, 0.5) is 0 Å². The standard InChI is InChI=1S/C17H17NO5S/c1-22-9-10-24(20,21)12-7-8-15-16(17(19)23-2)13-5-3-4-6-14(13)18(15)11-12/h3-8,11H,9-10H2,1-2H3. The van der Waals surface area contributed by atoms with E-state index >= 15 is 0 Å². The number of carbonyl (C=O) groups excluding carboxylic acids is 1. The zero-order valence-electron chi connectivity index (χ0n) is 13.4. The molecule has 0 saturated heterocycles. The summed E-state index contributed by atoms with van der Waals surface area (Å²) in [5.41, 5.74) is 1.78. The van der Waals surface area contributed by atoms with Gasteiger partial charge in [-0.25, -0.2) is 13.2 Å². The zero-order chi connectivity index (χ0) is 17.3. The van der Waals surface area contributed by atoms with E-state index in [0.717, 1.165) is 10.9 Å². The molecule has 0 aliphatic rings. The van der Waals surface area contributed by atoms with Crippen LogP contribution in [-0.4, -0.2) is 45.4 Å². The van der Waals surface area contributed by atoms with Crippen molar-refractivity contribution < 1.29 is 22.7 Å². The van der Waals surface area contributed by atoms with Crippen LogP contribution in [0, 0.1) is 0 Å². The summed E-state index contributed by atoms with van der Waals surface area (Å²) >= 11 is 0. The minimum atomic E-state index is -3.46. The molecule has 6 nitrogen and oxygen atoms in total. The summed E-state index contributed by atoms with van der Waals surface area (Å²) in [6.45, 7) is 0.125. The zero-order valence-corrected chi connectivity index (χ0v) is 14.2. The molecule has 0 atom stereocenters. The molecule has 2 heterocycles. The second-order valence-electron chi connectivity index (χ2n) is 5.32. The molecule has 0 aliphatic carbocycles. The number of sulfone groups is 1. The second-order valence-corrected chi connectivity index (χ2v) is 7.42. The number of benzene rings is 1. The molecule has 24 heavy (non-hydrogen) atoms. The van der Waals surface area contributed by atoms with Gasteiger partial charge in [-0.3, -0.25) is 0 Å². The van der Waals surface area contributed by atoms with Gasteiger partial charge < -0.3 is 13.9 Å². The van der Waals surface area contributed by atoms with Gasteiger partial charge in [0.1, 0.15) is 0 Å². The van der Waals surface area contributed by atoms with Crippen LogP contribution < -0.4 is 0 Å². The first-order valence-electron chi connectivity index (χ1n) is 7.32. The van der Waals surface area contributed by atoms with Crippen LogP contribution in [0.5, 0.6) is 0 Å². The molecule has 0 fully saturated rings. The third-order valence-electron chi connectivity index (χ3n) is 3.92. The Morgan fingerprint density at radius 1 is 1.08 bits per heavy atom. The Morgan fingerprint density at radius 2 is 1.83 bits per heavy atom. The van der Waals surface area contributed by atoms with E-state index in [1.165, 1.54) is 26.5 Å². The molecular weight excluding hydrogens is 330 g/mol. The van der Waals surface area contributed by atoms with Crippen molar-refractivity contribution in [3.05, 3.63) is 48.2 Å². The summed E-state index contributed by atoms with van der Waals surface area (Å²) in [5.74, 6) is -0.554. The highest BCUT2D eigenvalue weighted by Gasteiger charge is 2.21. The number of nitrogens with zero attached hydrogens (tertiary/aromatic N) is 1. The van der Waals surface area contributed by atoms with Crippen molar-refractivity contribution >= 4 is 32.2 Å². The molecule has 0 spiro atoms. The number of aromatic nitrogens is 1. The molecule has 0 amide bonds. The maximum absolute atomic E-state index is 12.4. The average molecular weight is 347 g/mol. The number of para-hydroxylation sites is 1. The first kappa shape index (κ1) is 16.5. The molecule has 1 aromatic carbocycles. The van der Waals surface area contributed by atoms with Crippen molar-refractivity contribution in [2.45, 2.75) is 4.90 Å². The van der Waals surface area contributed by atoms with Gasteiger partial charge in [0.05, 0.1) is 41.0 Å². The van der Waals surface area contributed by atoms with Gasteiger partial charge in [0.25, 0.3) is 0 Å². The SMILES string of the molecule is COCCS(=O)(=O)c1ccc2c(C(=O)OC)c3ccccc3n2c1. The van der Waals surface area contributed by atoms with Gasteiger partial charge in [-0.2, -0.15) is 0 Å². The first-order chi connectivity index (χ1) is 11.5. The molecule has 0 aliphatic heterocycles. The fraction of sp³-hybridized carbons (Fsp3) is 0.235. The molecule has 0 N–H and O–H groups in total. The molecular formula is C17H17NO5S. The first-order valence-corrected chi connectivity index (χ1v) is 8.97. The van der Waals surface area contributed by atoms with Crippen LogP contribution in [0.2, 0.25) is 0 Å². The predicted molar refractivity (Wildman–Crippen MR) is 90.2 cm³/mol. The lowest BCUT2D eigenvalue weighted by atomic mass is 10.1. The Labute approximate surface area is 139 Å². The van der Waals surface area contributed by atoms with E-state index in [1.807, 2.05) is 24.3 Å². The van der Waals surface area contributed by atoms with E-state index in [4.69, 9.17) is 9.47 Å². The quantitative estimate of drug-likeness (QED) is 0.662. The highest BCUT2D eigenvalue weighted by atomic mass is 32.2. The number of esters is 1. The van der Waals surface area contributed by atoms with E-state index in [-0.39, 0.29) is 17.3 Å². The van der Waals surface area contributed by atoms with E-state index in [2.05, 4.69) is 0 Å². The van der Waals surface area contributed by atoms with Crippen LogP contribution >= 0.6 is 0 Å². The van der Waals surface area contributed by atoms with Crippen molar-refractivity contribution in [3.63, 3.8) is 0 Å². The molecule has 0 unspecified atom stereocenters. The van der Waals surface area contributed by atoms with Crippen molar-refractivity contribution in [1.29, 1.82) is 0 Å². The summed E-state index contributed by atoms with van der Waals surface area (Å²) in [6, 6.07) is 10.4. The second kappa shape index (κ2) is 6.26. The van der Waals surface area contributed by atoms with Gasteiger partial charge >= 0.3 is 5.97 Å². The number of pyridine rings is 1. The van der Waals surface area contributed by atoms with Gasteiger partial charge in [0, 0.05) is 18.7 Å². The Kier molecular flexibility index (Phi) is 4.29. The maximum Gasteiger partial charge on any atom is 0.340 e. The summed E-state index contributed by atoms with van der Waals surface area (Å²) in [4.78, 5) is 12.3. The van der Waals surface area contributed by atoms with Crippen LogP contribution in [0.25, 0.3) is 16.4 Å². The predicted octanol–water partition coefficient (Wildman–Crippen LogP) is 2.30. The summed E-state index contributed by atoms with van der Waals surface area (Å²) in [7, 11) is -0.678. The van der Waals surface area contributed by atoms with E-state index in [0.29, 0.717) is 11.1 Å². The largest absolute Gasteiger partial charge is 0.465 e. The van der Waals surface area contributed by atoms with Crippen LogP contribution in [0.15, 0.2) is 47.5 Å². The smallest absolute Gasteiger partial charge is 0.340 e. The number of rotatable bonds is 5. The monoisotopic (exact) mass is 347 g/mol. The topological polar surface area (TPSA) is 74.1 Å². The van der Waals surface area contributed by atoms with Crippen LogP contribution in [0.3, 0.4) is 0 Å². The minimum Gasteiger partial charge on any atom is -0.465 e. The number of fused-ring (bicyclic) bond motifs is 3. The Morgan fingerprint density at radius 3 is 2.54 bits per heavy atom. The average Bonchev–Trinajstić information content (AvgIpc) is 2.93. The molecule has 3 rings (SSSR count). The van der Waals surface area contributed by atoms with E-state index in [1.54, 1.807) is 10.5 Å². The Bertz CT molecular complexity index is 1020. The fourth-order valence-corrected chi connectivity index (χ4v) is 3.89. The lowest BCUT2D eigenvalue weighted by molar-refractivity contribution is 0.0605.